The van der Waals surface area contributed by atoms with E-state index in [0.717, 1.165) is 6.54 Å². The molecule has 2 radical (unpaired) electrons. The monoisotopic (exact) mass is 112 g/mol. The van der Waals surface area contributed by atoms with Gasteiger partial charge in [0, 0.05) is 20.1 Å². The standard InChI is InChI=1S/C5H8N2O/c1-7-3-2-6-5(8)4-7/h1H,2-4H2,(H,6,8). The molecule has 0 atom stereocenters. The molecular weight excluding hydrogens is 104 g/mol. The molecule has 1 aliphatic heterocycles. The zero-order chi connectivity index (χ0) is 5.98. The maximum atomic E-state index is 10.4. The zero-order valence-electron chi connectivity index (χ0n) is 4.55. The Morgan fingerprint density at radius 3 is 2.88 bits per heavy atom. The summed E-state index contributed by atoms with van der Waals surface area (Å²) in [6, 6.07) is 0. The molecule has 1 amide bonds. The van der Waals surface area contributed by atoms with Gasteiger partial charge in [-0.2, -0.15) is 0 Å². The molecule has 0 bridgehead atoms. The van der Waals surface area contributed by atoms with Gasteiger partial charge >= 0.3 is 0 Å². The lowest BCUT2D eigenvalue weighted by Crippen LogP contribution is -2.44. The normalized spacial score (nSPS) is 22.9. The van der Waals surface area contributed by atoms with Crippen LogP contribution in [0, 0.1) is 7.05 Å². The molecule has 0 aromatic heterocycles. The van der Waals surface area contributed by atoms with Crippen LogP contribution >= 0.6 is 0 Å². The second-order valence-electron chi connectivity index (χ2n) is 1.82. The summed E-state index contributed by atoms with van der Waals surface area (Å²) in [5.41, 5.74) is 0. The largest absolute Gasteiger partial charge is 0.354 e. The van der Waals surface area contributed by atoms with Crippen molar-refractivity contribution < 1.29 is 4.79 Å². The van der Waals surface area contributed by atoms with Crippen LogP contribution < -0.4 is 5.32 Å². The van der Waals surface area contributed by atoms with Crippen molar-refractivity contribution in [3.8, 4) is 0 Å². The molecule has 0 unspecified atom stereocenters. The maximum absolute atomic E-state index is 10.4. The first-order chi connectivity index (χ1) is 3.79. The van der Waals surface area contributed by atoms with E-state index in [4.69, 9.17) is 7.05 Å². The maximum Gasteiger partial charge on any atom is 0.234 e. The fraction of sp³-hybridized carbons (Fsp3) is 0.600. The van der Waals surface area contributed by atoms with Crippen LogP contribution in [0.1, 0.15) is 0 Å². The van der Waals surface area contributed by atoms with Gasteiger partial charge in [-0.05, 0) is 0 Å². The molecule has 0 aromatic rings. The molecule has 44 valence electrons. The minimum absolute atomic E-state index is 0.0127. The molecule has 0 aliphatic carbocycles. The summed E-state index contributed by atoms with van der Waals surface area (Å²) in [7, 11) is 5.30. The van der Waals surface area contributed by atoms with Gasteiger partial charge < -0.3 is 5.32 Å². The number of hydrogen-bond acceptors (Lipinski definition) is 2. The van der Waals surface area contributed by atoms with Gasteiger partial charge in [0.05, 0.1) is 6.54 Å². The minimum Gasteiger partial charge on any atom is -0.354 e. The van der Waals surface area contributed by atoms with Crippen molar-refractivity contribution >= 4 is 5.91 Å². The number of hydrogen-bond donors (Lipinski definition) is 1. The average Bonchev–Trinajstić information content (AvgIpc) is 1.64. The van der Waals surface area contributed by atoms with Crippen LogP contribution in [0.2, 0.25) is 0 Å². The molecule has 8 heavy (non-hydrogen) atoms. The van der Waals surface area contributed by atoms with E-state index in [-0.39, 0.29) is 5.91 Å². The van der Waals surface area contributed by atoms with Crippen molar-refractivity contribution in [2.24, 2.45) is 0 Å². The first-order valence-electron chi connectivity index (χ1n) is 2.55. The molecule has 1 aliphatic rings. The summed E-state index contributed by atoms with van der Waals surface area (Å²) in [5.74, 6) is 0.0127. The highest BCUT2D eigenvalue weighted by molar-refractivity contribution is 5.78. The fourth-order valence-electron chi connectivity index (χ4n) is 0.658. The molecule has 0 aromatic carbocycles. The van der Waals surface area contributed by atoms with Gasteiger partial charge in [0.15, 0.2) is 0 Å². The Bertz CT molecular complexity index is 103. The number of amides is 1. The highest BCUT2D eigenvalue weighted by Crippen LogP contribution is 1.87. The second-order valence-corrected chi connectivity index (χ2v) is 1.82. The van der Waals surface area contributed by atoms with Crippen LogP contribution in [-0.4, -0.2) is 30.4 Å². The van der Waals surface area contributed by atoms with Gasteiger partial charge in [-0.25, -0.2) is 0 Å². The van der Waals surface area contributed by atoms with Gasteiger partial charge in [0.2, 0.25) is 5.91 Å². The molecule has 1 saturated heterocycles. The number of rotatable bonds is 0. The molecule has 3 heteroatoms. The number of nitrogens with one attached hydrogen (secondary N) is 1. The number of carbonyl (C=O) groups excluding carboxylic acids is 1. The van der Waals surface area contributed by atoms with Crippen LogP contribution in [0.25, 0.3) is 0 Å². The second kappa shape index (κ2) is 2.13. The van der Waals surface area contributed by atoms with E-state index in [1.54, 1.807) is 0 Å². The SMILES string of the molecule is [CH]N1CCNC(=O)C1. The Morgan fingerprint density at radius 2 is 2.50 bits per heavy atom. The number of nitrogens with zero attached hydrogens (tertiary/aromatic N) is 1. The first kappa shape index (κ1) is 5.56. The van der Waals surface area contributed by atoms with E-state index in [1.807, 2.05) is 0 Å². The van der Waals surface area contributed by atoms with Crippen molar-refractivity contribution in [1.29, 1.82) is 0 Å². The molecule has 1 rings (SSSR count). The molecule has 1 N–H and O–H groups in total. The van der Waals surface area contributed by atoms with Gasteiger partial charge in [-0.3, -0.25) is 9.69 Å². The summed E-state index contributed by atoms with van der Waals surface area (Å²) < 4.78 is 0. The lowest BCUT2D eigenvalue weighted by atomic mass is 10.4. The quantitative estimate of drug-likeness (QED) is 0.440. The fourth-order valence-corrected chi connectivity index (χ4v) is 0.658. The smallest absolute Gasteiger partial charge is 0.234 e. The van der Waals surface area contributed by atoms with Crippen LogP contribution in [0.4, 0.5) is 0 Å². The topological polar surface area (TPSA) is 32.3 Å². The molecule has 3 nitrogen and oxygen atoms in total. The van der Waals surface area contributed by atoms with E-state index in [2.05, 4.69) is 5.32 Å². The lowest BCUT2D eigenvalue weighted by Gasteiger charge is -2.20. The minimum atomic E-state index is 0.0127. The summed E-state index contributed by atoms with van der Waals surface area (Å²) in [6.07, 6.45) is 0. The first-order valence-corrected chi connectivity index (χ1v) is 2.55. The predicted octanol–water partition coefficient (Wildman–Crippen LogP) is -0.913. The summed E-state index contributed by atoms with van der Waals surface area (Å²) in [6.45, 7) is 1.76. The van der Waals surface area contributed by atoms with Gasteiger partial charge in [0.25, 0.3) is 0 Å². The number of piperazine rings is 1. The Labute approximate surface area is 48.7 Å². The Kier molecular flexibility index (Phi) is 1.48. The van der Waals surface area contributed by atoms with E-state index in [1.165, 1.54) is 4.90 Å². The van der Waals surface area contributed by atoms with E-state index < -0.39 is 0 Å². The Morgan fingerprint density at radius 1 is 1.75 bits per heavy atom. The molecule has 1 fully saturated rings. The highest BCUT2D eigenvalue weighted by atomic mass is 16.2. The van der Waals surface area contributed by atoms with Crippen LogP contribution in [0.15, 0.2) is 0 Å². The third-order valence-corrected chi connectivity index (χ3v) is 1.07. The lowest BCUT2D eigenvalue weighted by molar-refractivity contribution is -0.123. The van der Waals surface area contributed by atoms with Crippen molar-refractivity contribution in [2.75, 3.05) is 19.6 Å². The third kappa shape index (κ3) is 1.20. The van der Waals surface area contributed by atoms with Crippen molar-refractivity contribution in [3.05, 3.63) is 7.05 Å². The average molecular weight is 112 g/mol. The summed E-state index contributed by atoms with van der Waals surface area (Å²) >= 11 is 0. The zero-order valence-corrected chi connectivity index (χ0v) is 4.55. The predicted molar refractivity (Wildman–Crippen MR) is 28.9 cm³/mol. The van der Waals surface area contributed by atoms with Gasteiger partial charge in [-0.15, -0.1) is 0 Å². The van der Waals surface area contributed by atoms with E-state index in [9.17, 15) is 4.79 Å². The summed E-state index contributed by atoms with van der Waals surface area (Å²) in [4.78, 5) is 11.9. The van der Waals surface area contributed by atoms with Crippen LogP contribution in [-0.2, 0) is 4.79 Å². The third-order valence-electron chi connectivity index (χ3n) is 1.07. The molecule has 1 heterocycles. The Hall–Kier alpha value is -0.570. The highest BCUT2D eigenvalue weighted by Gasteiger charge is 2.10. The van der Waals surface area contributed by atoms with Crippen molar-refractivity contribution in [2.45, 2.75) is 0 Å². The van der Waals surface area contributed by atoms with Crippen LogP contribution in [0.3, 0.4) is 0 Å². The van der Waals surface area contributed by atoms with E-state index in [0.29, 0.717) is 13.1 Å². The van der Waals surface area contributed by atoms with Gasteiger partial charge in [-0.1, -0.05) is 0 Å². The number of carbonyl (C=O) groups is 1. The molecule has 0 spiro atoms. The van der Waals surface area contributed by atoms with Crippen molar-refractivity contribution in [1.82, 2.24) is 10.2 Å². The molecule has 0 saturated carbocycles. The van der Waals surface area contributed by atoms with Crippen molar-refractivity contribution in [3.63, 3.8) is 0 Å². The van der Waals surface area contributed by atoms with E-state index >= 15 is 0 Å². The van der Waals surface area contributed by atoms with Gasteiger partial charge in [0.1, 0.15) is 0 Å². The molecular formula is C5H8N2O. The Balaban J connectivity index is 2.34. The summed E-state index contributed by atoms with van der Waals surface area (Å²) in [5, 5.41) is 2.65. The van der Waals surface area contributed by atoms with Crippen LogP contribution in [0.5, 0.6) is 0 Å².